The number of nitrogens with zero attached hydrogens (tertiary/aromatic N) is 1. The number of hydrogen-bond acceptors (Lipinski definition) is 5. The van der Waals surface area contributed by atoms with E-state index in [0.717, 1.165) is 16.5 Å². The number of carbonyl (C=O) groups is 2. The number of rotatable bonds is 4. The van der Waals surface area contributed by atoms with Crippen LogP contribution in [0.25, 0.3) is 16.8 Å². The van der Waals surface area contributed by atoms with Crippen LogP contribution >= 0.6 is 11.8 Å². The monoisotopic (exact) mass is 450 g/mol. The van der Waals surface area contributed by atoms with Gasteiger partial charge in [0.1, 0.15) is 5.75 Å². The summed E-state index contributed by atoms with van der Waals surface area (Å²) in [5, 5.41) is 5.07. The van der Waals surface area contributed by atoms with E-state index in [1.54, 1.807) is 30.3 Å². The highest BCUT2D eigenvalue weighted by Crippen LogP contribution is 2.31. The molecule has 0 aromatic heterocycles. The lowest BCUT2D eigenvalue weighted by atomic mass is 10.0. The quantitative estimate of drug-likeness (QED) is 0.237. The topological polar surface area (TPSA) is 67.8 Å². The molecule has 1 heterocycles. The molecule has 1 amide bonds. The van der Waals surface area contributed by atoms with E-state index < -0.39 is 5.97 Å². The fraction of sp³-hybridized carbons (Fsp3) is 0. The van der Waals surface area contributed by atoms with Crippen molar-refractivity contribution in [3.63, 3.8) is 0 Å². The van der Waals surface area contributed by atoms with Crippen LogP contribution in [-0.4, -0.2) is 17.0 Å². The van der Waals surface area contributed by atoms with Gasteiger partial charge in [-0.3, -0.25) is 4.79 Å². The Kier molecular flexibility index (Phi) is 5.74. The second-order valence-corrected chi connectivity index (χ2v) is 8.30. The third-order valence-electron chi connectivity index (χ3n) is 5.06. The van der Waals surface area contributed by atoms with Gasteiger partial charge in [-0.05, 0) is 52.9 Å². The van der Waals surface area contributed by atoms with Gasteiger partial charge in [-0.15, -0.1) is 0 Å². The zero-order chi connectivity index (χ0) is 22.6. The molecule has 0 atom stereocenters. The van der Waals surface area contributed by atoms with Gasteiger partial charge >= 0.3 is 5.97 Å². The van der Waals surface area contributed by atoms with Crippen molar-refractivity contribution in [2.45, 2.75) is 0 Å². The highest BCUT2D eigenvalue weighted by atomic mass is 32.2. The van der Waals surface area contributed by atoms with E-state index in [-0.39, 0.29) is 5.91 Å². The Morgan fingerprint density at radius 3 is 2.45 bits per heavy atom. The first-order chi connectivity index (χ1) is 16.2. The molecule has 0 saturated carbocycles. The summed E-state index contributed by atoms with van der Waals surface area (Å²) in [6.45, 7) is 0. The molecule has 1 aliphatic rings. The molecule has 33 heavy (non-hydrogen) atoms. The second kappa shape index (κ2) is 9.14. The van der Waals surface area contributed by atoms with Crippen molar-refractivity contribution in [1.29, 1.82) is 0 Å². The first kappa shape index (κ1) is 20.7. The molecule has 0 spiro atoms. The van der Waals surface area contributed by atoms with Crippen molar-refractivity contribution in [2.75, 3.05) is 0 Å². The predicted octanol–water partition coefficient (Wildman–Crippen LogP) is 5.95. The van der Waals surface area contributed by atoms with Crippen LogP contribution in [0.5, 0.6) is 5.75 Å². The summed E-state index contributed by atoms with van der Waals surface area (Å²) in [5.41, 5.74) is 1.87. The van der Waals surface area contributed by atoms with Gasteiger partial charge in [0.05, 0.1) is 16.2 Å². The second-order valence-electron chi connectivity index (χ2n) is 7.27. The van der Waals surface area contributed by atoms with Gasteiger partial charge in [0, 0.05) is 5.56 Å². The lowest BCUT2D eigenvalue weighted by molar-refractivity contribution is -0.115. The highest BCUT2D eigenvalue weighted by molar-refractivity contribution is 8.18. The molecule has 1 aliphatic heterocycles. The van der Waals surface area contributed by atoms with Crippen molar-refractivity contribution in [3.05, 3.63) is 113 Å². The van der Waals surface area contributed by atoms with Gasteiger partial charge in [-0.25, -0.2) is 9.79 Å². The summed E-state index contributed by atoms with van der Waals surface area (Å²) in [7, 11) is 0. The third-order valence-corrected chi connectivity index (χ3v) is 5.97. The molecule has 0 unspecified atom stereocenters. The molecule has 1 fully saturated rings. The molecular weight excluding hydrogens is 432 g/mol. The summed E-state index contributed by atoms with van der Waals surface area (Å²) in [4.78, 5) is 30.4. The molecular formula is C27H18N2O3S. The first-order valence-electron chi connectivity index (χ1n) is 10.3. The highest BCUT2D eigenvalue weighted by Gasteiger charge is 2.24. The molecule has 0 radical (unpaired) electrons. The zero-order valence-corrected chi connectivity index (χ0v) is 18.2. The normalized spacial score (nSPS) is 15.7. The number of fused-ring (bicyclic) bond motifs is 1. The lowest BCUT2D eigenvalue weighted by Gasteiger charge is -2.09. The Morgan fingerprint density at radius 2 is 1.58 bits per heavy atom. The fourth-order valence-corrected chi connectivity index (χ4v) is 4.33. The van der Waals surface area contributed by atoms with Gasteiger partial charge in [-0.1, -0.05) is 72.8 Å². The molecule has 1 N–H and O–H groups in total. The minimum absolute atomic E-state index is 0.245. The van der Waals surface area contributed by atoms with Crippen LogP contribution in [0.3, 0.4) is 0 Å². The van der Waals surface area contributed by atoms with Gasteiger partial charge in [0.15, 0.2) is 5.17 Å². The summed E-state index contributed by atoms with van der Waals surface area (Å²) in [5.74, 6) is -0.317. The summed E-state index contributed by atoms with van der Waals surface area (Å²) in [6, 6.07) is 29.8. The summed E-state index contributed by atoms with van der Waals surface area (Å²) >= 11 is 1.24. The molecule has 5 nitrogen and oxygen atoms in total. The van der Waals surface area contributed by atoms with Gasteiger partial charge in [-0.2, -0.15) is 0 Å². The van der Waals surface area contributed by atoms with Crippen LogP contribution in [0.4, 0.5) is 5.69 Å². The standard InChI is InChI=1S/C27H18N2O3S/c30-25-24(33-27(29-25)28-20-12-2-1-3-13-20)17-19-10-5-7-16-23(19)32-26(31)22-15-8-11-18-9-4-6-14-21(18)22/h1-17H,(H,28,29,30)/b24-17-. The van der Waals surface area contributed by atoms with Crippen LogP contribution in [0, 0.1) is 0 Å². The van der Waals surface area contributed by atoms with Crippen LogP contribution in [0.1, 0.15) is 15.9 Å². The molecule has 6 heteroatoms. The summed E-state index contributed by atoms with van der Waals surface area (Å²) in [6.07, 6.45) is 1.71. The number of amidine groups is 1. The van der Waals surface area contributed by atoms with Crippen molar-refractivity contribution >= 4 is 51.3 Å². The number of nitrogens with one attached hydrogen (secondary N) is 1. The molecule has 160 valence electrons. The minimum Gasteiger partial charge on any atom is -0.422 e. The van der Waals surface area contributed by atoms with Gasteiger partial charge in [0.25, 0.3) is 5.91 Å². The van der Waals surface area contributed by atoms with Gasteiger partial charge < -0.3 is 10.1 Å². The van der Waals surface area contributed by atoms with E-state index in [2.05, 4.69) is 10.3 Å². The molecule has 4 aromatic carbocycles. The smallest absolute Gasteiger partial charge is 0.344 e. The van der Waals surface area contributed by atoms with Crippen molar-refractivity contribution in [3.8, 4) is 5.75 Å². The number of benzene rings is 4. The van der Waals surface area contributed by atoms with Crippen LogP contribution < -0.4 is 10.1 Å². The average Bonchev–Trinajstić information content (AvgIpc) is 3.18. The number of thioether (sulfide) groups is 1. The first-order valence-corrected chi connectivity index (χ1v) is 11.1. The predicted molar refractivity (Wildman–Crippen MR) is 133 cm³/mol. The Morgan fingerprint density at radius 1 is 0.848 bits per heavy atom. The Hall–Kier alpha value is -4.16. The molecule has 5 rings (SSSR count). The van der Waals surface area contributed by atoms with Crippen LogP contribution in [0.15, 0.2) is 107 Å². The molecule has 1 saturated heterocycles. The van der Waals surface area contributed by atoms with Gasteiger partial charge in [0.2, 0.25) is 0 Å². The number of hydrogen-bond donors (Lipinski definition) is 1. The van der Waals surface area contributed by atoms with E-state index in [4.69, 9.17) is 4.74 Å². The number of para-hydroxylation sites is 2. The average molecular weight is 451 g/mol. The number of carbonyl (C=O) groups excluding carboxylic acids is 2. The SMILES string of the molecule is O=C1NC(=Nc2ccccc2)S/C1=C\c1ccccc1OC(=O)c1cccc2ccccc12. The van der Waals surface area contributed by atoms with E-state index in [1.165, 1.54) is 11.8 Å². The third kappa shape index (κ3) is 4.56. The zero-order valence-electron chi connectivity index (χ0n) is 17.4. The molecule has 0 aliphatic carbocycles. The number of ether oxygens (including phenoxy) is 1. The lowest BCUT2D eigenvalue weighted by Crippen LogP contribution is -2.19. The van der Waals surface area contributed by atoms with E-state index in [1.807, 2.05) is 72.8 Å². The van der Waals surface area contributed by atoms with Crippen LogP contribution in [-0.2, 0) is 4.79 Å². The number of aliphatic imine (C=N–C) groups is 1. The fourth-order valence-electron chi connectivity index (χ4n) is 3.49. The van der Waals surface area contributed by atoms with E-state index >= 15 is 0 Å². The summed E-state index contributed by atoms with van der Waals surface area (Å²) < 4.78 is 5.75. The minimum atomic E-state index is -0.451. The Bertz CT molecular complexity index is 1420. The number of esters is 1. The van der Waals surface area contributed by atoms with Crippen molar-refractivity contribution in [1.82, 2.24) is 5.32 Å². The van der Waals surface area contributed by atoms with Crippen molar-refractivity contribution < 1.29 is 14.3 Å². The largest absolute Gasteiger partial charge is 0.422 e. The van der Waals surface area contributed by atoms with E-state index in [0.29, 0.717) is 26.9 Å². The number of amides is 1. The maximum absolute atomic E-state index is 13.0. The van der Waals surface area contributed by atoms with E-state index in [9.17, 15) is 9.59 Å². The maximum atomic E-state index is 13.0. The molecule has 0 bridgehead atoms. The van der Waals surface area contributed by atoms with Crippen LogP contribution in [0.2, 0.25) is 0 Å². The Labute approximate surface area is 194 Å². The Balaban J connectivity index is 1.41. The molecule has 4 aromatic rings. The van der Waals surface area contributed by atoms with Crippen molar-refractivity contribution in [2.24, 2.45) is 4.99 Å². The maximum Gasteiger partial charge on any atom is 0.344 e.